The summed E-state index contributed by atoms with van der Waals surface area (Å²) < 4.78 is 5.01. The van der Waals surface area contributed by atoms with Crippen LogP contribution in [0.25, 0.3) is 0 Å². The van der Waals surface area contributed by atoms with Crippen molar-refractivity contribution in [2.75, 3.05) is 6.61 Å². The highest BCUT2D eigenvalue weighted by Gasteiger charge is 2.03. The topological polar surface area (TPSA) is 29.5 Å². The minimum atomic E-state index is -0.843. The Morgan fingerprint density at radius 2 is 2.08 bits per heavy atom. The van der Waals surface area contributed by atoms with Gasteiger partial charge >= 0.3 is 0 Å². The average molecular weight is 164 g/mol. The summed E-state index contributed by atoms with van der Waals surface area (Å²) in [5.74, 6) is 0. The fourth-order valence-electron chi connectivity index (χ4n) is 0.873. The van der Waals surface area contributed by atoms with Crippen LogP contribution in [0.15, 0.2) is 43.0 Å². The molecule has 1 atom stereocenters. The van der Waals surface area contributed by atoms with Crippen LogP contribution in [0.5, 0.6) is 0 Å². The summed E-state index contributed by atoms with van der Waals surface area (Å²) in [4.78, 5) is 0. The van der Waals surface area contributed by atoms with Gasteiger partial charge in [-0.25, -0.2) is 0 Å². The molecule has 0 aliphatic carbocycles. The van der Waals surface area contributed by atoms with Gasteiger partial charge in [-0.1, -0.05) is 36.4 Å². The molecular formula is C10H12O2. The van der Waals surface area contributed by atoms with Crippen molar-refractivity contribution >= 4 is 0 Å². The predicted molar refractivity (Wildman–Crippen MR) is 47.6 cm³/mol. The number of aliphatic hydroxyl groups excluding tert-OH is 1. The first-order chi connectivity index (χ1) is 5.84. The number of benzene rings is 1. The zero-order valence-electron chi connectivity index (χ0n) is 6.81. The molecule has 1 rings (SSSR count). The summed E-state index contributed by atoms with van der Waals surface area (Å²) in [6.45, 7) is 3.85. The van der Waals surface area contributed by atoms with E-state index in [0.717, 1.165) is 5.56 Å². The molecule has 0 saturated carbocycles. The molecule has 0 aliphatic rings. The molecule has 0 spiro atoms. The van der Waals surface area contributed by atoms with E-state index < -0.39 is 6.29 Å². The van der Waals surface area contributed by atoms with Crippen LogP contribution < -0.4 is 0 Å². The van der Waals surface area contributed by atoms with Crippen LogP contribution in [0.3, 0.4) is 0 Å². The van der Waals surface area contributed by atoms with E-state index in [0.29, 0.717) is 6.61 Å². The Morgan fingerprint density at radius 1 is 1.42 bits per heavy atom. The Labute approximate surface area is 72.1 Å². The van der Waals surface area contributed by atoms with Crippen molar-refractivity contribution in [1.82, 2.24) is 0 Å². The summed E-state index contributed by atoms with van der Waals surface area (Å²) in [7, 11) is 0. The predicted octanol–water partition coefficient (Wildman–Crippen LogP) is 1.88. The molecule has 2 nitrogen and oxygen atoms in total. The van der Waals surface area contributed by atoms with E-state index in [2.05, 4.69) is 6.58 Å². The molecule has 1 aromatic carbocycles. The van der Waals surface area contributed by atoms with Crippen molar-refractivity contribution in [2.45, 2.75) is 6.29 Å². The van der Waals surface area contributed by atoms with Crippen LogP contribution in [-0.2, 0) is 4.74 Å². The van der Waals surface area contributed by atoms with Crippen molar-refractivity contribution in [2.24, 2.45) is 0 Å². The molecule has 2 heteroatoms. The zero-order valence-corrected chi connectivity index (χ0v) is 6.81. The number of aliphatic hydroxyl groups is 1. The molecule has 1 unspecified atom stereocenters. The van der Waals surface area contributed by atoms with E-state index in [1.54, 1.807) is 6.08 Å². The normalized spacial score (nSPS) is 12.4. The lowest BCUT2D eigenvalue weighted by Crippen LogP contribution is -2.02. The summed E-state index contributed by atoms with van der Waals surface area (Å²) in [6.07, 6.45) is 0.760. The highest BCUT2D eigenvalue weighted by Crippen LogP contribution is 2.12. The van der Waals surface area contributed by atoms with Crippen LogP contribution in [0.4, 0.5) is 0 Å². The van der Waals surface area contributed by atoms with E-state index in [1.807, 2.05) is 30.3 Å². The fraction of sp³-hybridized carbons (Fsp3) is 0.200. The molecule has 0 radical (unpaired) electrons. The van der Waals surface area contributed by atoms with E-state index in [9.17, 15) is 5.11 Å². The van der Waals surface area contributed by atoms with Gasteiger partial charge in [0.1, 0.15) is 0 Å². The summed E-state index contributed by atoms with van der Waals surface area (Å²) in [5, 5.41) is 9.38. The fourth-order valence-corrected chi connectivity index (χ4v) is 0.873. The van der Waals surface area contributed by atoms with Crippen LogP contribution in [0, 0.1) is 0 Å². The second kappa shape index (κ2) is 4.70. The van der Waals surface area contributed by atoms with Gasteiger partial charge in [-0.15, -0.1) is 6.58 Å². The third-order valence-electron chi connectivity index (χ3n) is 1.46. The SMILES string of the molecule is C=CCOC(O)c1ccccc1. The van der Waals surface area contributed by atoms with Gasteiger partial charge in [-0.05, 0) is 0 Å². The van der Waals surface area contributed by atoms with E-state index >= 15 is 0 Å². The minimum absolute atomic E-state index is 0.357. The van der Waals surface area contributed by atoms with Gasteiger partial charge in [0, 0.05) is 5.56 Å². The lowest BCUT2D eigenvalue weighted by molar-refractivity contribution is -0.0920. The largest absolute Gasteiger partial charge is 0.364 e. The molecule has 12 heavy (non-hydrogen) atoms. The van der Waals surface area contributed by atoms with Crippen LogP contribution in [0.1, 0.15) is 11.9 Å². The number of rotatable bonds is 4. The molecule has 0 saturated heterocycles. The summed E-state index contributed by atoms with van der Waals surface area (Å²) >= 11 is 0. The first-order valence-electron chi connectivity index (χ1n) is 3.80. The van der Waals surface area contributed by atoms with Gasteiger partial charge < -0.3 is 9.84 Å². The molecular weight excluding hydrogens is 152 g/mol. The Hall–Kier alpha value is -1.12. The lowest BCUT2D eigenvalue weighted by atomic mass is 10.2. The van der Waals surface area contributed by atoms with Crippen LogP contribution in [-0.4, -0.2) is 11.7 Å². The van der Waals surface area contributed by atoms with Crippen molar-refractivity contribution in [3.8, 4) is 0 Å². The maximum absolute atomic E-state index is 9.38. The van der Waals surface area contributed by atoms with Crippen molar-refractivity contribution in [3.63, 3.8) is 0 Å². The van der Waals surface area contributed by atoms with Crippen molar-refractivity contribution in [3.05, 3.63) is 48.6 Å². The summed E-state index contributed by atoms with van der Waals surface area (Å²) in [5.41, 5.74) is 0.763. The molecule has 1 N–H and O–H groups in total. The molecule has 0 fully saturated rings. The standard InChI is InChI=1S/C10H12O2/c1-2-8-12-10(11)9-6-4-3-5-7-9/h2-7,10-11H,1,8H2. The number of hydrogen-bond donors (Lipinski definition) is 1. The minimum Gasteiger partial charge on any atom is -0.364 e. The quantitative estimate of drug-likeness (QED) is 0.544. The Kier molecular flexibility index (Phi) is 3.51. The van der Waals surface area contributed by atoms with Crippen molar-refractivity contribution < 1.29 is 9.84 Å². The van der Waals surface area contributed by atoms with Gasteiger partial charge in [-0.2, -0.15) is 0 Å². The monoisotopic (exact) mass is 164 g/mol. The summed E-state index contributed by atoms with van der Waals surface area (Å²) in [6, 6.07) is 9.23. The Bertz CT molecular complexity index is 231. The second-order valence-electron chi connectivity index (χ2n) is 2.39. The maximum Gasteiger partial charge on any atom is 0.181 e. The molecule has 0 amide bonds. The van der Waals surface area contributed by atoms with E-state index in [1.165, 1.54) is 0 Å². The maximum atomic E-state index is 9.38. The molecule has 0 bridgehead atoms. The first kappa shape index (κ1) is 8.97. The van der Waals surface area contributed by atoms with Gasteiger partial charge in [0.25, 0.3) is 0 Å². The second-order valence-corrected chi connectivity index (χ2v) is 2.39. The Morgan fingerprint density at radius 3 is 2.67 bits per heavy atom. The molecule has 1 aromatic rings. The third-order valence-corrected chi connectivity index (χ3v) is 1.46. The first-order valence-corrected chi connectivity index (χ1v) is 3.80. The van der Waals surface area contributed by atoms with Gasteiger partial charge in [0.2, 0.25) is 0 Å². The average Bonchev–Trinajstić information content (AvgIpc) is 2.15. The van der Waals surface area contributed by atoms with Gasteiger partial charge in [0.15, 0.2) is 6.29 Å². The zero-order chi connectivity index (χ0) is 8.81. The molecule has 0 aromatic heterocycles. The van der Waals surface area contributed by atoms with E-state index in [4.69, 9.17) is 4.74 Å². The van der Waals surface area contributed by atoms with Crippen molar-refractivity contribution in [1.29, 1.82) is 0 Å². The molecule has 64 valence electrons. The van der Waals surface area contributed by atoms with Gasteiger partial charge in [-0.3, -0.25) is 0 Å². The van der Waals surface area contributed by atoms with E-state index in [-0.39, 0.29) is 0 Å². The van der Waals surface area contributed by atoms with Crippen LogP contribution in [0.2, 0.25) is 0 Å². The van der Waals surface area contributed by atoms with Gasteiger partial charge in [0.05, 0.1) is 6.61 Å². The highest BCUT2D eigenvalue weighted by atomic mass is 16.6. The number of ether oxygens (including phenoxy) is 1. The molecule has 0 aliphatic heterocycles. The molecule has 0 heterocycles. The lowest BCUT2D eigenvalue weighted by Gasteiger charge is -2.09. The highest BCUT2D eigenvalue weighted by molar-refractivity contribution is 5.15. The smallest absolute Gasteiger partial charge is 0.181 e. The van der Waals surface area contributed by atoms with Crippen LogP contribution >= 0.6 is 0 Å². The number of hydrogen-bond acceptors (Lipinski definition) is 2. The Balaban J connectivity index is 2.53. The third kappa shape index (κ3) is 2.49.